The van der Waals surface area contributed by atoms with Crippen molar-refractivity contribution < 1.29 is 4.39 Å². The first kappa shape index (κ1) is 15.9. The lowest BCUT2D eigenvalue weighted by Crippen LogP contribution is -2.41. The largest absolute Gasteiger partial charge is 0.316 e. The third-order valence-corrected chi connectivity index (χ3v) is 4.61. The van der Waals surface area contributed by atoms with Gasteiger partial charge in [0.1, 0.15) is 5.82 Å². The van der Waals surface area contributed by atoms with Gasteiger partial charge in [-0.05, 0) is 70.1 Å². The molecule has 1 aliphatic rings. The Kier molecular flexibility index (Phi) is 6.00. The zero-order valence-corrected chi connectivity index (χ0v) is 13.9. The van der Waals surface area contributed by atoms with Gasteiger partial charge in [-0.25, -0.2) is 4.39 Å². The molecule has 1 N–H and O–H groups in total. The fourth-order valence-electron chi connectivity index (χ4n) is 3.17. The van der Waals surface area contributed by atoms with Crippen LogP contribution in [0.5, 0.6) is 0 Å². The number of halogens is 2. The molecule has 0 aromatic heterocycles. The molecule has 0 amide bonds. The first-order valence-electron chi connectivity index (χ1n) is 7.49. The first-order valence-corrected chi connectivity index (χ1v) is 8.28. The van der Waals surface area contributed by atoms with Crippen molar-refractivity contribution in [1.82, 2.24) is 10.2 Å². The van der Waals surface area contributed by atoms with E-state index in [2.05, 4.69) is 40.1 Å². The van der Waals surface area contributed by atoms with Crippen molar-refractivity contribution in [3.05, 3.63) is 34.1 Å². The van der Waals surface area contributed by atoms with E-state index in [4.69, 9.17) is 0 Å². The van der Waals surface area contributed by atoms with Gasteiger partial charge in [0.25, 0.3) is 0 Å². The van der Waals surface area contributed by atoms with E-state index < -0.39 is 0 Å². The topological polar surface area (TPSA) is 15.3 Å². The maximum atomic E-state index is 14.2. The van der Waals surface area contributed by atoms with E-state index in [9.17, 15) is 4.39 Å². The Morgan fingerprint density at radius 3 is 3.00 bits per heavy atom. The molecule has 2 atom stereocenters. The van der Waals surface area contributed by atoms with Gasteiger partial charge in [-0.1, -0.05) is 22.9 Å². The molecule has 2 unspecified atom stereocenters. The van der Waals surface area contributed by atoms with Crippen molar-refractivity contribution in [1.29, 1.82) is 0 Å². The maximum absolute atomic E-state index is 14.2. The van der Waals surface area contributed by atoms with E-state index >= 15 is 0 Å². The van der Waals surface area contributed by atoms with Gasteiger partial charge >= 0.3 is 0 Å². The Balaban J connectivity index is 2.20. The van der Waals surface area contributed by atoms with Gasteiger partial charge in [-0.3, -0.25) is 4.90 Å². The highest BCUT2D eigenvalue weighted by Crippen LogP contribution is 2.36. The first-order chi connectivity index (χ1) is 9.63. The molecule has 2 nitrogen and oxygen atoms in total. The highest BCUT2D eigenvalue weighted by molar-refractivity contribution is 9.10. The average Bonchev–Trinajstić information content (AvgIpc) is 2.42. The standard InChI is InChI=1S/C16H24BrFN2/c1-3-8-19-11-12-5-4-9-20(2)16(12)14-10-13(17)6-7-15(14)18/h6-7,10,12,16,19H,3-5,8-9,11H2,1-2H3. The zero-order chi connectivity index (χ0) is 14.5. The van der Waals surface area contributed by atoms with E-state index in [1.807, 2.05) is 6.07 Å². The Hall–Kier alpha value is -0.450. The molecule has 0 saturated carbocycles. The Morgan fingerprint density at radius 1 is 1.45 bits per heavy atom. The van der Waals surface area contributed by atoms with Crippen LogP contribution in [0.2, 0.25) is 0 Å². The van der Waals surface area contributed by atoms with Crippen LogP contribution >= 0.6 is 15.9 Å². The molecular formula is C16H24BrFN2. The third-order valence-electron chi connectivity index (χ3n) is 4.12. The van der Waals surface area contributed by atoms with Crippen LogP contribution in [0.15, 0.2) is 22.7 Å². The Bertz CT molecular complexity index is 438. The Morgan fingerprint density at radius 2 is 2.25 bits per heavy atom. The number of hydrogen-bond donors (Lipinski definition) is 1. The summed E-state index contributed by atoms with van der Waals surface area (Å²) in [6.45, 7) is 5.22. The number of likely N-dealkylation sites (tertiary alicyclic amines) is 1. The predicted molar refractivity (Wildman–Crippen MR) is 85.4 cm³/mol. The van der Waals surface area contributed by atoms with Crippen molar-refractivity contribution in [3.8, 4) is 0 Å². The molecule has 1 aliphatic heterocycles. The second-order valence-electron chi connectivity index (χ2n) is 5.70. The van der Waals surface area contributed by atoms with Gasteiger partial charge in [0.2, 0.25) is 0 Å². The number of hydrogen-bond acceptors (Lipinski definition) is 2. The van der Waals surface area contributed by atoms with Gasteiger partial charge in [0, 0.05) is 16.1 Å². The summed E-state index contributed by atoms with van der Waals surface area (Å²) >= 11 is 3.47. The number of nitrogens with one attached hydrogen (secondary N) is 1. The summed E-state index contributed by atoms with van der Waals surface area (Å²) in [7, 11) is 2.11. The summed E-state index contributed by atoms with van der Waals surface area (Å²) in [5.41, 5.74) is 0.824. The highest BCUT2D eigenvalue weighted by atomic mass is 79.9. The van der Waals surface area contributed by atoms with Crippen LogP contribution in [0, 0.1) is 11.7 Å². The lowest BCUT2D eigenvalue weighted by molar-refractivity contribution is 0.116. The van der Waals surface area contributed by atoms with Crippen molar-refractivity contribution in [3.63, 3.8) is 0 Å². The van der Waals surface area contributed by atoms with Crippen LogP contribution < -0.4 is 5.32 Å². The van der Waals surface area contributed by atoms with Gasteiger partial charge in [0.15, 0.2) is 0 Å². The van der Waals surface area contributed by atoms with Crippen molar-refractivity contribution in [2.75, 3.05) is 26.7 Å². The van der Waals surface area contributed by atoms with Crippen LogP contribution in [-0.4, -0.2) is 31.6 Å². The fraction of sp³-hybridized carbons (Fsp3) is 0.625. The summed E-state index contributed by atoms with van der Waals surface area (Å²) in [6.07, 6.45) is 3.50. The number of benzene rings is 1. The van der Waals surface area contributed by atoms with Crippen LogP contribution in [0.4, 0.5) is 4.39 Å². The molecule has 2 rings (SSSR count). The summed E-state index contributed by atoms with van der Waals surface area (Å²) in [5.74, 6) is 0.386. The summed E-state index contributed by atoms with van der Waals surface area (Å²) < 4.78 is 15.2. The normalized spacial score (nSPS) is 24.0. The van der Waals surface area contributed by atoms with Crippen molar-refractivity contribution >= 4 is 15.9 Å². The third kappa shape index (κ3) is 3.80. The van der Waals surface area contributed by atoms with E-state index in [-0.39, 0.29) is 11.9 Å². The SMILES string of the molecule is CCCNCC1CCCN(C)C1c1cc(Br)ccc1F. The number of nitrogens with zero attached hydrogens (tertiary/aromatic N) is 1. The zero-order valence-electron chi connectivity index (χ0n) is 12.3. The Labute approximate surface area is 129 Å². The summed E-state index contributed by atoms with van der Waals surface area (Å²) in [4.78, 5) is 2.30. The molecule has 20 heavy (non-hydrogen) atoms. The molecule has 1 aromatic carbocycles. The van der Waals surface area contributed by atoms with Crippen LogP contribution in [-0.2, 0) is 0 Å². The van der Waals surface area contributed by atoms with Crippen molar-refractivity contribution in [2.24, 2.45) is 5.92 Å². The minimum atomic E-state index is -0.0903. The van der Waals surface area contributed by atoms with Gasteiger partial charge < -0.3 is 5.32 Å². The lowest BCUT2D eigenvalue weighted by atomic mass is 9.84. The average molecular weight is 343 g/mol. The summed E-state index contributed by atoms with van der Waals surface area (Å²) in [6, 6.07) is 5.45. The van der Waals surface area contributed by atoms with Crippen molar-refractivity contribution in [2.45, 2.75) is 32.2 Å². The molecule has 112 valence electrons. The molecule has 0 spiro atoms. The minimum Gasteiger partial charge on any atom is -0.316 e. The monoisotopic (exact) mass is 342 g/mol. The van der Waals surface area contributed by atoms with Gasteiger partial charge in [-0.15, -0.1) is 0 Å². The molecule has 1 fully saturated rings. The molecular weight excluding hydrogens is 319 g/mol. The fourth-order valence-corrected chi connectivity index (χ4v) is 3.55. The second-order valence-corrected chi connectivity index (χ2v) is 6.61. The maximum Gasteiger partial charge on any atom is 0.128 e. The molecule has 1 aromatic rings. The van der Waals surface area contributed by atoms with Crippen LogP contribution in [0.25, 0.3) is 0 Å². The molecule has 1 saturated heterocycles. The molecule has 1 heterocycles. The van der Waals surface area contributed by atoms with E-state index in [0.29, 0.717) is 5.92 Å². The smallest absolute Gasteiger partial charge is 0.128 e. The molecule has 0 bridgehead atoms. The number of rotatable bonds is 5. The second kappa shape index (κ2) is 7.53. The quantitative estimate of drug-likeness (QED) is 0.814. The van der Waals surface area contributed by atoms with E-state index in [0.717, 1.165) is 42.5 Å². The summed E-state index contributed by atoms with van der Waals surface area (Å²) in [5, 5.41) is 3.50. The van der Waals surface area contributed by atoms with E-state index in [1.54, 1.807) is 12.1 Å². The van der Waals surface area contributed by atoms with Crippen LogP contribution in [0.3, 0.4) is 0 Å². The van der Waals surface area contributed by atoms with Crippen LogP contribution in [0.1, 0.15) is 37.8 Å². The molecule has 4 heteroatoms. The number of piperidine rings is 1. The predicted octanol–water partition coefficient (Wildman–Crippen LogP) is 3.97. The molecule has 0 aliphatic carbocycles. The van der Waals surface area contributed by atoms with Gasteiger partial charge in [0.05, 0.1) is 0 Å². The van der Waals surface area contributed by atoms with Gasteiger partial charge in [-0.2, -0.15) is 0 Å². The lowest BCUT2D eigenvalue weighted by Gasteiger charge is -2.40. The van der Waals surface area contributed by atoms with E-state index in [1.165, 1.54) is 6.42 Å². The molecule has 0 radical (unpaired) electrons. The minimum absolute atomic E-state index is 0.0903. The highest BCUT2D eigenvalue weighted by Gasteiger charge is 2.32.